The number of aryl methyl sites for hydroxylation is 1. The number of nitrogens with zero attached hydrogens (tertiary/aromatic N) is 1. The third kappa shape index (κ3) is 3.99. The fraction of sp³-hybridized carbons (Fsp3) is 0.438. The molecule has 2 aromatic rings. The molecule has 0 radical (unpaired) electrons. The summed E-state index contributed by atoms with van der Waals surface area (Å²) in [7, 11) is 0. The lowest BCUT2D eigenvalue weighted by atomic mass is 9.98. The highest BCUT2D eigenvalue weighted by molar-refractivity contribution is 9.10. The normalized spacial score (nSPS) is 13.3. The highest BCUT2D eigenvalue weighted by atomic mass is 79.9. The lowest BCUT2D eigenvalue weighted by molar-refractivity contribution is 0.584. The number of rotatable bonds is 3. The van der Waals surface area contributed by atoms with E-state index in [-0.39, 0.29) is 11.5 Å². The van der Waals surface area contributed by atoms with Crippen molar-refractivity contribution in [1.29, 1.82) is 0 Å². The van der Waals surface area contributed by atoms with Crippen molar-refractivity contribution in [2.24, 2.45) is 0 Å². The first kappa shape index (κ1) is 16.8. The second kappa shape index (κ2) is 6.27. The minimum absolute atomic E-state index is 0.0873. The van der Waals surface area contributed by atoms with Crippen LogP contribution in [0.1, 0.15) is 49.3 Å². The van der Waals surface area contributed by atoms with Gasteiger partial charge in [-0.1, -0.05) is 32.4 Å². The second-order valence-electron chi connectivity index (χ2n) is 6.21. The number of hydrogen-bond donors (Lipinski definition) is 1. The van der Waals surface area contributed by atoms with Gasteiger partial charge in [0, 0.05) is 19.8 Å². The first-order valence-corrected chi connectivity index (χ1v) is 8.86. The van der Waals surface area contributed by atoms with E-state index in [0.717, 1.165) is 20.9 Å². The van der Waals surface area contributed by atoms with E-state index in [2.05, 4.69) is 55.9 Å². The van der Waals surface area contributed by atoms with Gasteiger partial charge in [-0.2, -0.15) is 0 Å². The van der Waals surface area contributed by atoms with Gasteiger partial charge in [0.25, 0.3) is 0 Å². The van der Waals surface area contributed by atoms with Gasteiger partial charge in [0.05, 0.1) is 22.4 Å². The maximum absolute atomic E-state index is 6.07. The van der Waals surface area contributed by atoms with Gasteiger partial charge in [-0.25, -0.2) is 4.98 Å². The van der Waals surface area contributed by atoms with E-state index in [4.69, 9.17) is 16.6 Å². The van der Waals surface area contributed by atoms with Gasteiger partial charge in [0.1, 0.15) is 0 Å². The van der Waals surface area contributed by atoms with Crippen molar-refractivity contribution in [3.8, 4) is 0 Å². The fourth-order valence-electron chi connectivity index (χ4n) is 2.04. The Labute approximate surface area is 144 Å². The van der Waals surface area contributed by atoms with Crippen molar-refractivity contribution in [3.63, 3.8) is 0 Å². The van der Waals surface area contributed by atoms with E-state index in [1.807, 2.05) is 18.2 Å². The number of halogens is 2. The van der Waals surface area contributed by atoms with E-state index in [1.165, 1.54) is 9.88 Å². The van der Waals surface area contributed by atoms with Gasteiger partial charge >= 0.3 is 0 Å². The first-order chi connectivity index (χ1) is 9.68. The van der Waals surface area contributed by atoms with Gasteiger partial charge in [-0.15, -0.1) is 11.3 Å². The predicted octanol–water partition coefficient (Wildman–Crippen LogP) is 6.34. The molecule has 1 aromatic carbocycles. The van der Waals surface area contributed by atoms with Gasteiger partial charge < -0.3 is 5.32 Å². The Kier molecular flexibility index (Phi) is 5.01. The highest BCUT2D eigenvalue weighted by Crippen LogP contribution is 2.35. The Hall–Kier alpha value is -0.580. The summed E-state index contributed by atoms with van der Waals surface area (Å²) in [5, 5.41) is 5.41. The molecule has 1 atom stereocenters. The van der Waals surface area contributed by atoms with E-state index in [9.17, 15) is 0 Å². The van der Waals surface area contributed by atoms with Crippen LogP contribution >= 0.6 is 38.9 Å². The molecule has 1 unspecified atom stereocenters. The molecule has 0 fully saturated rings. The summed E-state index contributed by atoms with van der Waals surface area (Å²) in [5.41, 5.74) is 2.19. The average Bonchev–Trinajstić information content (AvgIpc) is 2.76. The Bertz CT molecular complexity index is 646. The summed E-state index contributed by atoms with van der Waals surface area (Å²) in [4.78, 5) is 6.00. The van der Waals surface area contributed by atoms with Crippen molar-refractivity contribution in [2.45, 2.75) is 46.1 Å². The predicted molar refractivity (Wildman–Crippen MR) is 96.7 cm³/mol. The minimum Gasteiger partial charge on any atom is -0.377 e. The molecule has 2 rings (SSSR count). The third-order valence-electron chi connectivity index (χ3n) is 3.17. The molecular formula is C16H20BrClN2S. The minimum atomic E-state index is 0.0873. The second-order valence-corrected chi connectivity index (χ2v) is 8.53. The summed E-state index contributed by atoms with van der Waals surface area (Å²) in [6.07, 6.45) is 0. The van der Waals surface area contributed by atoms with Crippen LogP contribution in [0.2, 0.25) is 5.02 Å². The molecule has 0 amide bonds. The summed E-state index contributed by atoms with van der Waals surface area (Å²) in [6.45, 7) is 10.8. The Balaban J connectivity index is 2.26. The summed E-state index contributed by atoms with van der Waals surface area (Å²) in [6, 6.07) is 5.95. The van der Waals surface area contributed by atoms with E-state index >= 15 is 0 Å². The molecule has 1 heterocycles. The number of anilines is 1. The van der Waals surface area contributed by atoms with E-state index in [0.29, 0.717) is 0 Å². The zero-order chi connectivity index (χ0) is 15.8. The number of nitrogens with one attached hydrogen (secondary N) is 1. The van der Waals surface area contributed by atoms with Crippen LogP contribution in [0.4, 0.5) is 5.69 Å². The maximum atomic E-state index is 6.07. The van der Waals surface area contributed by atoms with Crippen LogP contribution in [0.15, 0.2) is 22.7 Å². The third-order valence-corrected chi connectivity index (χ3v) is 5.86. The molecule has 2 nitrogen and oxygen atoms in total. The molecule has 0 aliphatic rings. The van der Waals surface area contributed by atoms with Crippen LogP contribution in [-0.2, 0) is 5.41 Å². The molecule has 1 N–H and O–H groups in total. The molecular weight excluding hydrogens is 368 g/mol. The maximum Gasteiger partial charge on any atom is 0.0985 e. The Morgan fingerprint density at radius 1 is 1.33 bits per heavy atom. The number of thiazole rings is 1. The van der Waals surface area contributed by atoms with Crippen molar-refractivity contribution in [2.75, 3.05) is 5.32 Å². The van der Waals surface area contributed by atoms with Crippen molar-refractivity contribution >= 4 is 44.6 Å². The van der Waals surface area contributed by atoms with Crippen LogP contribution in [0, 0.1) is 6.92 Å². The number of hydrogen-bond acceptors (Lipinski definition) is 3. The zero-order valence-electron chi connectivity index (χ0n) is 12.9. The molecule has 0 aliphatic carbocycles. The molecule has 21 heavy (non-hydrogen) atoms. The summed E-state index contributed by atoms with van der Waals surface area (Å²) < 4.78 is 1.01. The molecule has 1 aromatic heterocycles. The molecule has 0 bridgehead atoms. The molecule has 0 aliphatic heterocycles. The highest BCUT2D eigenvalue weighted by Gasteiger charge is 2.22. The van der Waals surface area contributed by atoms with Crippen LogP contribution in [0.3, 0.4) is 0 Å². The quantitative estimate of drug-likeness (QED) is 0.664. The van der Waals surface area contributed by atoms with Gasteiger partial charge in [-0.05, 0) is 48.0 Å². The van der Waals surface area contributed by atoms with Gasteiger partial charge in [-0.3, -0.25) is 0 Å². The van der Waals surface area contributed by atoms with Crippen molar-refractivity contribution in [3.05, 3.63) is 43.3 Å². The van der Waals surface area contributed by atoms with Crippen molar-refractivity contribution in [1.82, 2.24) is 4.98 Å². The van der Waals surface area contributed by atoms with E-state index in [1.54, 1.807) is 11.3 Å². The van der Waals surface area contributed by atoms with Crippen LogP contribution in [0.5, 0.6) is 0 Å². The molecule has 0 spiro atoms. The standard InChI is InChI=1S/C16H20BrClN2S/c1-9(19-13-8-11(18)6-7-12(13)17)14-10(2)20-15(21-14)16(3,4)5/h6-9,19H,1-5H3. The number of benzene rings is 1. The zero-order valence-corrected chi connectivity index (χ0v) is 16.1. The van der Waals surface area contributed by atoms with Crippen LogP contribution < -0.4 is 5.32 Å². The van der Waals surface area contributed by atoms with Gasteiger partial charge in [0.2, 0.25) is 0 Å². The Morgan fingerprint density at radius 2 is 2.00 bits per heavy atom. The van der Waals surface area contributed by atoms with Crippen LogP contribution in [0.25, 0.3) is 0 Å². The molecule has 0 saturated heterocycles. The van der Waals surface area contributed by atoms with Crippen LogP contribution in [-0.4, -0.2) is 4.98 Å². The molecule has 5 heteroatoms. The summed E-state index contributed by atoms with van der Waals surface area (Å²) in [5.74, 6) is 0. The van der Waals surface area contributed by atoms with E-state index < -0.39 is 0 Å². The molecule has 114 valence electrons. The smallest absolute Gasteiger partial charge is 0.0985 e. The SMILES string of the molecule is Cc1nc(C(C)(C)C)sc1C(C)Nc1cc(Cl)ccc1Br. The monoisotopic (exact) mass is 386 g/mol. The lowest BCUT2D eigenvalue weighted by Gasteiger charge is -2.16. The fourth-order valence-corrected chi connectivity index (χ4v) is 3.70. The molecule has 0 saturated carbocycles. The largest absolute Gasteiger partial charge is 0.377 e. The lowest BCUT2D eigenvalue weighted by Crippen LogP contribution is -2.10. The van der Waals surface area contributed by atoms with Gasteiger partial charge in [0.15, 0.2) is 0 Å². The first-order valence-electron chi connectivity index (χ1n) is 6.88. The number of aromatic nitrogens is 1. The summed E-state index contributed by atoms with van der Waals surface area (Å²) >= 11 is 11.4. The van der Waals surface area contributed by atoms with Crippen molar-refractivity contribution < 1.29 is 0 Å². The Morgan fingerprint density at radius 3 is 2.57 bits per heavy atom. The topological polar surface area (TPSA) is 24.9 Å². The average molecular weight is 388 g/mol.